The second-order valence-electron chi connectivity index (χ2n) is 3.45. The number of rotatable bonds is 1. The number of fused-ring (bicyclic) bond motifs is 1. The lowest BCUT2D eigenvalue weighted by molar-refractivity contribution is 0.489. The third-order valence-corrected chi connectivity index (χ3v) is 2.65. The first-order valence-corrected chi connectivity index (χ1v) is 4.44. The second-order valence-corrected chi connectivity index (χ2v) is 3.45. The Morgan fingerprint density at radius 3 is 3.00 bits per heavy atom. The monoisotopic (exact) mass is 180 g/mol. The maximum Gasteiger partial charge on any atom is 0.128 e. The number of hydrogen-bond donors (Lipinski definition) is 2. The largest absolute Gasteiger partial charge is 0.326 e. The smallest absolute Gasteiger partial charge is 0.128 e. The summed E-state index contributed by atoms with van der Waals surface area (Å²) in [5, 5.41) is 3.05. The Kier molecular flexibility index (Phi) is 2.06. The molecule has 13 heavy (non-hydrogen) atoms. The minimum Gasteiger partial charge on any atom is -0.326 e. The van der Waals surface area contributed by atoms with Crippen molar-refractivity contribution in [2.75, 3.05) is 7.05 Å². The van der Waals surface area contributed by atoms with Crippen molar-refractivity contribution in [3.05, 3.63) is 35.1 Å². The highest BCUT2D eigenvalue weighted by molar-refractivity contribution is 5.38. The van der Waals surface area contributed by atoms with Gasteiger partial charge in [0.2, 0.25) is 0 Å². The standard InChI is InChI=1S/C10H13FN2/c1-13-10-8(12)5-6-3-2-4-7(11)9(6)10/h2-4,8,10,13H,5,12H2,1H3. The van der Waals surface area contributed by atoms with E-state index in [4.69, 9.17) is 5.73 Å². The maximum absolute atomic E-state index is 13.4. The summed E-state index contributed by atoms with van der Waals surface area (Å²) in [7, 11) is 1.81. The Morgan fingerprint density at radius 2 is 2.31 bits per heavy atom. The maximum atomic E-state index is 13.4. The summed E-state index contributed by atoms with van der Waals surface area (Å²) in [6.45, 7) is 0. The first-order valence-electron chi connectivity index (χ1n) is 4.44. The summed E-state index contributed by atoms with van der Waals surface area (Å²) in [6, 6.07) is 5.13. The number of hydrogen-bond acceptors (Lipinski definition) is 2. The Bertz CT molecular complexity index is 325. The SMILES string of the molecule is CNC1c2c(F)cccc2CC1N. The van der Waals surface area contributed by atoms with Crippen LogP contribution in [0.15, 0.2) is 18.2 Å². The normalized spacial score (nSPS) is 26.1. The van der Waals surface area contributed by atoms with E-state index in [0.717, 1.165) is 17.5 Å². The average Bonchev–Trinajstić information content (AvgIpc) is 2.42. The zero-order chi connectivity index (χ0) is 9.42. The van der Waals surface area contributed by atoms with Crippen LogP contribution in [0.3, 0.4) is 0 Å². The molecule has 0 radical (unpaired) electrons. The third-order valence-electron chi connectivity index (χ3n) is 2.65. The van der Waals surface area contributed by atoms with Gasteiger partial charge in [0.05, 0.1) is 6.04 Å². The summed E-state index contributed by atoms with van der Waals surface area (Å²) in [5.41, 5.74) is 7.66. The van der Waals surface area contributed by atoms with Crippen molar-refractivity contribution in [3.63, 3.8) is 0 Å². The van der Waals surface area contributed by atoms with E-state index in [9.17, 15) is 4.39 Å². The van der Waals surface area contributed by atoms with Crippen LogP contribution >= 0.6 is 0 Å². The third kappa shape index (κ3) is 1.24. The molecule has 1 aromatic carbocycles. The van der Waals surface area contributed by atoms with Crippen LogP contribution in [0.5, 0.6) is 0 Å². The van der Waals surface area contributed by atoms with Crippen molar-refractivity contribution in [2.45, 2.75) is 18.5 Å². The Hall–Kier alpha value is -0.930. The molecule has 0 amide bonds. The van der Waals surface area contributed by atoms with Crippen molar-refractivity contribution in [1.29, 1.82) is 0 Å². The Balaban J connectivity index is 2.49. The van der Waals surface area contributed by atoms with Crippen LogP contribution in [0.25, 0.3) is 0 Å². The molecule has 2 atom stereocenters. The Labute approximate surface area is 76.9 Å². The lowest BCUT2D eigenvalue weighted by Crippen LogP contribution is -2.33. The molecule has 0 spiro atoms. The summed E-state index contributed by atoms with van der Waals surface area (Å²) in [4.78, 5) is 0. The van der Waals surface area contributed by atoms with Gasteiger partial charge < -0.3 is 11.1 Å². The highest BCUT2D eigenvalue weighted by atomic mass is 19.1. The van der Waals surface area contributed by atoms with Gasteiger partial charge in [-0.3, -0.25) is 0 Å². The molecule has 0 bridgehead atoms. The van der Waals surface area contributed by atoms with E-state index in [0.29, 0.717) is 0 Å². The molecule has 0 aliphatic heterocycles. The molecule has 1 aliphatic carbocycles. The molecule has 0 fully saturated rings. The van der Waals surface area contributed by atoms with Crippen molar-refractivity contribution >= 4 is 0 Å². The lowest BCUT2D eigenvalue weighted by Gasteiger charge is -2.15. The van der Waals surface area contributed by atoms with Gasteiger partial charge in [-0.15, -0.1) is 0 Å². The van der Waals surface area contributed by atoms with E-state index in [-0.39, 0.29) is 17.9 Å². The molecule has 0 saturated heterocycles. The van der Waals surface area contributed by atoms with Crippen molar-refractivity contribution < 1.29 is 4.39 Å². The summed E-state index contributed by atoms with van der Waals surface area (Å²) in [6.07, 6.45) is 0.762. The van der Waals surface area contributed by atoms with E-state index in [1.807, 2.05) is 13.1 Å². The molecule has 2 rings (SSSR count). The number of likely N-dealkylation sites (N-methyl/N-ethyl adjacent to an activating group) is 1. The van der Waals surface area contributed by atoms with Gasteiger partial charge in [0, 0.05) is 11.6 Å². The zero-order valence-electron chi connectivity index (χ0n) is 7.55. The van der Waals surface area contributed by atoms with E-state index in [1.165, 1.54) is 6.07 Å². The first kappa shape index (κ1) is 8.66. The molecule has 70 valence electrons. The summed E-state index contributed by atoms with van der Waals surface area (Å²) < 4.78 is 13.4. The molecular formula is C10H13FN2. The first-order chi connectivity index (χ1) is 6.24. The minimum absolute atomic E-state index is 0.00287. The van der Waals surface area contributed by atoms with Crippen molar-refractivity contribution in [1.82, 2.24) is 5.32 Å². The van der Waals surface area contributed by atoms with Crippen LogP contribution in [0.4, 0.5) is 4.39 Å². The molecule has 2 unspecified atom stereocenters. The molecule has 1 aromatic rings. The summed E-state index contributed by atoms with van der Waals surface area (Å²) in [5.74, 6) is -0.148. The van der Waals surface area contributed by atoms with Gasteiger partial charge in [-0.1, -0.05) is 12.1 Å². The van der Waals surface area contributed by atoms with Crippen LogP contribution < -0.4 is 11.1 Å². The van der Waals surface area contributed by atoms with Gasteiger partial charge in [-0.2, -0.15) is 0 Å². The Morgan fingerprint density at radius 1 is 1.54 bits per heavy atom. The number of benzene rings is 1. The molecule has 3 heteroatoms. The second kappa shape index (κ2) is 3.09. The fourth-order valence-electron chi connectivity index (χ4n) is 2.05. The van der Waals surface area contributed by atoms with Crippen LogP contribution in [0, 0.1) is 5.82 Å². The van der Waals surface area contributed by atoms with Gasteiger partial charge in [-0.25, -0.2) is 4.39 Å². The van der Waals surface area contributed by atoms with Crippen LogP contribution in [-0.4, -0.2) is 13.1 Å². The van der Waals surface area contributed by atoms with Crippen molar-refractivity contribution in [2.24, 2.45) is 5.73 Å². The molecule has 0 heterocycles. The highest BCUT2D eigenvalue weighted by Gasteiger charge is 2.30. The van der Waals surface area contributed by atoms with Gasteiger partial charge in [0.15, 0.2) is 0 Å². The lowest BCUT2D eigenvalue weighted by atomic mass is 10.1. The minimum atomic E-state index is -0.148. The topological polar surface area (TPSA) is 38.0 Å². The van der Waals surface area contributed by atoms with E-state index in [2.05, 4.69) is 5.32 Å². The predicted octanol–water partition coefficient (Wildman–Crippen LogP) is 0.970. The van der Waals surface area contributed by atoms with Crippen LogP contribution in [0.2, 0.25) is 0 Å². The fourth-order valence-corrected chi connectivity index (χ4v) is 2.05. The van der Waals surface area contributed by atoms with E-state index < -0.39 is 0 Å². The molecule has 1 aliphatic rings. The van der Waals surface area contributed by atoms with Gasteiger partial charge >= 0.3 is 0 Å². The number of nitrogens with one attached hydrogen (secondary N) is 1. The van der Waals surface area contributed by atoms with Crippen LogP contribution in [0.1, 0.15) is 17.2 Å². The van der Waals surface area contributed by atoms with Crippen LogP contribution in [-0.2, 0) is 6.42 Å². The number of halogens is 1. The average molecular weight is 180 g/mol. The molecular weight excluding hydrogens is 167 g/mol. The molecule has 0 aromatic heterocycles. The van der Waals surface area contributed by atoms with Gasteiger partial charge in [0.1, 0.15) is 5.82 Å². The zero-order valence-corrected chi connectivity index (χ0v) is 7.55. The van der Waals surface area contributed by atoms with Gasteiger partial charge in [-0.05, 0) is 25.1 Å². The predicted molar refractivity (Wildman–Crippen MR) is 49.9 cm³/mol. The van der Waals surface area contributed by atoms with E-state index in [1.54, 1.807) is 6.07 Å². The molecule has 0 saturated carbocycles. The fraction of sp³-hybridized carbons (Fsp3) is 0.400. The van der Waals surface area contributed by atoms with Gasteiger partial charge in [0.25, 0.3) is 0 Å². The highest BCUT2D eigenvalue weighted by Crippen LogP contribution is 2.31. The quantitative estimate of drug-likeness (QED) is 0.675. The molecule has 2 nitrogen and oxygen atoms in total. The van der Waals surface area contributed by atoms with E-state index >= 15 is 0 Å². The molecule has 3 N–H and O–H groups in total. The summed E-state index contributed by atoms with van der Waals surface area (Å²) >= 11 is 0. The number of nitrogens with two attached hydrogens (primary N) is 1. The van der Waals surface area contributed by atoms with Crippen molar-refractivity contribution in [3.8, 4) is 0 Å².